The Hall–Kier alpha value is -1.82. The Bertz CT molecular complexity index is 687. The number of nitrogens with zero attached hydrogens (tertiary/aromatic N) is 1. The molecule has 3 rings (SSSR count). The molecule has 1 saturated heterocycles. The van der Waals surface area contributed by atoms with E-state index in [-0.39, 0.29) is 5.91 Å². The second kappa shape index (κ2) is 10.4. The van der Waals surface area contributed by atoms with E-state index in [4.69, 9.17) is 4.74 Å². The van der Waals surface area contributed by atoms with Crippen LogP contribution in [0.25, 0.3) is 0 Å². The van der Waals surface area contributed by atoms with E-state index >= 15 is 0 Å². The van der Waals surface area contributed by atoms with Crippen LogP contribution in [-0.4, -0.2) is 42.9 Å². The molecule has 1 amide bonds. The minimum atomic E-state index is 0.106. The van der Waals surface area contributed by atoms with E-state index in [0.29, 0.717) is 13.0 Å². The van der Waals surface area contributed by atoms with Crippen LogP contribution in [0, 0.1) is 0 Å². The number of nitrogens with one attached hydrogen (secondary N) is 1. The molecular formula is C21H26N2O2S. The first-order chi connectivity index (χ1) is 12.8. The molecule has 1 aliphatic rings. The van der Waals surface area contributed by atoms with Crippen LogP contribution in [0.15, 0.2) is 59.5 Å². The average Bonchev–Trinajstić information content (AvgIpc) is 2.69. The molecule has 4 nitrogen and oxygen atoms in total. The first kappa shape index (κ1) is 19.0. The van der Waals surface area contributed by atoms with Crippen LogP contribution in [0.1, 0.15) is 17.5 Å². The van der Waals surface area contributed by atoms with Gasteiger partial charge < -0.3 is 10.1 Å². The second-order valence-electron chi connectivity index (χ2n) is 6.35. The van der Waals surface area contributed by atoms with Crippen molar-refractivity contribution in [2.24, 2.45) is 0 Å². The maximum Gasteiger partial charge on any atom is 0.221 e. The predicted molar refractivity (Wildman–Crippen MR) is 106 cm³/mol. The lowest BCUT2D eigenvalue weighted by Gasteiger charge is -2.27. The van der Waals surface area contributed by atoms with Gasteiger partial charge in [-0.2, -0.15) is 0 Å². The molecular weight excluding hydrogens is 344 g/mol. The fourth-order valence-corrected chi connectivity index (χ4v) is 3.82. The molecule has 0 saturated carbocycles. The van der Waals surface area contributed by atoms with Crippen LogP contribution in [0.4, 0.5) is 0 Å². The van der Waals surface area contributed by atoms with E-state index in [1.165, 1.54) is 16.0 Å². The van der Waals surface area contributed by atoms with Gasteiger partial charge in [0.25, 0.3) is 0 Å². The number of carbonyl (C=O) groups is 1. The van der Waals surface area contributed by atoms with E-state index in [0.717, 1.165) is 38.6 Å². The highest BCUT2D eigenvalue weighted by atomic mass is 32.2. The molecule has 5 heteroatoms. The van der Waals surface area contributed by atoms with Crippen molar-refractivity contribution in [3.63, 3.8) is 0 Å². The van der Waals surface area contributed by atoms with Gasteiger partial charge in [-0.3, -0.25) is 9.69 Å². The van der Waals surface area contributed by atoms with Crippen LogP contribution in [0.3, 0.4) is 0 Å². The largest absolute Gasteiger partial charge is 0.379 e. The summed E-state index contributed by atoms with van der Waals surface area (Å²) in [4.78, 5) is 15.8. The number of hydrogen-bond acceptors (Lipinski definition) is 4. The molecule has 0 bridgehead atoms. The van der Waals surface area contributed by atoms with Crippen molar-refractivity contribution in [1.29, 1.82) is 0 Å². The molecule has 2 aromatic carbocycles. The van der Waals surface area contributed by atoms with Gasteiger partial charge in [-0.25, -0.2) is 0 Å². The molecule has 0 aliphatic carbocycles. The van der Waals surface area contributed by atoms with Crippen molar-refractivity contribution >= 4 is 17.7 Å². The number of morpholine rings is 1. The van der Waals surface area contributed by atoms with Gasteiger partial charge >= 0.3 is 0 Å². The Morgan fingerprint density at radius 2 is 1.69 bits per heavy atom. The summed E-state index contributed by atoms with van der Waals surface area (Å²) in [5.74, 6) is 0.903. The van der Waals surface area contributed by atoms with E-state index in [9.17, 15) is 4.79 Å². The third-order valence-corrected chi connectivity index (χ3v) is 5.45. The van der Waals surface area contributed by atoms with Gasteiger partial charge in [-0.1, -0.05) is 42.5 Å². The van der Waals surface area contributed by atoms with E-state index < -0.39 is 0 Å². The zero-order chi connectivity index (χ0) is 18.0. The molecule has 1 fully saturated rings. The molecule has 1 heterocycles. The molecule has 0 radical (unpaired) electrons. The normalized spacial score (nSPS) is 14.9. The molecule has 0 spiro atoms. The minimum Gasteiger partial charge on any atom is -0.379 e. The number of amides is 1. The van der Waals surface area contributed by atoms with Crippen molar-refractivity contribution in [2.45, 2.75) is 24.4 Å². The number of benzene rings is 2. The lowest BCUT2D eigenvalue weighted by atomic mass is 10.1. The fraction of sp³-hybridized carbons (Fsp3) is 0.381. The fourth-order valence-electron chi connectivity index (χ4n) is 2.94. The summed E-state index contributed by atoms with van der Waals surface area (Å²) in [6.45, 7) is 5.05. The Labute approximate surface area is 159 Å². The van der Waals surface area contributed by atoms with Crippen molar-refractivity contribution in [2.75, 3.05) is 32.1 Å². The van der Waals surface area contributed by atoms with Gasteiger partial charge in [0, 0.05) is 43.2 Å². The Kier molecular flexibility index (Phi) is 7.55. The molecule has 1 aliphatic heterocycles. The van der Waals surface area contributed by atoms with E-state index in [2.05, 4.69) is 40.5 Å². The zero-order valence-electron chi connectivity index (χ0n) is 15.0. The average molecular weight is 371 g/mol. The molecule has 0 aromatic heterocycles. The summed E-state index contributed by atoms with van der Waals surface area (Å²) in [5, 5.41) is 3.07. The van der Waals surface area contributed by atoms with Crippen LogP contribution < -0.4 is 5.32 Å². The van der Waals surface area contributed by atoms with Crippen LogP contribution in [0.5, 0.6) is 0 Å². The Morgan fingerprint density at radius 3 is 2.46 bits per heavy atom. The summed E-state index contributed by atoms with van der Waals surface area (Å²) < 4.78 is 5.42. The molecule has 0 unspecified atom stereocenters. The number of thioether (sulfide) groups is 1. The van der Waals surface area contributed by atoms with Gasteiger partial charge in [0.15, 0.2) is 0 Å². The predicted octanol–water partition coefficient (Wildman–Crippen LogP) is 3.32. The molecule has 0 atom stereocenters. The lowest BCUT2D eigenvalue weighted by molar-refractivity contribution is -0.120. The first-order valence-electron chi connectivity index (χ1n) is 9.13. The van der Waals surface area contributed by atoms with Gasteiger partial charge in [0.2, 0.25) is 5.91 Å². The number of rotatable bonds is 8. The SMILES string of the molecule is O=C(CCSc1ccccc1)NCc1ccccc1CN1CCOCC1. The molecule has 138 valence electrons. The van der Waals surface area contributed by atoms with Gasteiger partial charge in [0.1, 0.15) is 0 Å². The summed E-state index contributed by atoms with van der Waals surface area (Å²) in [7, 11) is 0. The highest BCUT2D eigenvalue weighted by Crippen LogP contribution is 2.18. The first-order valence-corrected chi connectivity index (χ1v) is 10.1. The summed E-state index contributed by atoms with van der Waals surface area (Å²) in [5.41, 5.74) is 2.48. The summed E-state index contributed by atoms with van der Waals surface area (Å²) in [6, 6.07) is 18.6. The molecule has 1 N–H and O–H groups in total. The Morgan fingerprint density at radius 1 is 1.00 bits per heavy atom. The number of ether oxygens (including phenoxy) is 1. The van der Waals surface area contributed by atoms with Crippen molar-refractivity contribution in [3.05, 3.63) is 65.7 Å². The van der Waals surface area contributed by atoms with Crippen molar-refractivity contribution in [1.82, 2.24) is 10.2 Å². The third kappa shape index (κ3) is 6.16. The highest BCUT2D eigenvalue weighted by Gasteiger charge is 2.13. The Balaban J connectivity index is 1.44. The molecule has 26 heavy (non-hydrogen) atoms. The maximum absolute atomic E-state index is 12.2. The third-order valence-electron chi connectivity index (χ3n) is 4.43. The monoisotopic (exact) mass is 370 g/mol. The molecule has 2 aromatic rings. The minimum absolute atomic E-state index is 0.106. The number of carbonyl (C=O) groups excluding carboxylic acids is 1. The van der Waals surface area contributed by atoms with Crippen molar-refractivity contribution < 1.29 is 9.53 Å². The summed E-state index contributed by atoms with van der Waals surface area (Å²) in [6.07, 6.45) is 0.533. The summed E-state index contributed by atoms with van der Waals surface area (Å²) >= 11 is 1.72. The lowest BCUT2D eigenvalue weighted by Crippen LogP contribution is -2.36. The van der Waals surface area contributed by atoms with Crippen molar-refractivity contribution in [3.8, 4) is 0 Å². The quantitative estimate of drug-likeness (QED) is 0.724. The second-order valence-corrected chi connectivity index (χ2v) is 7.51. The standard InChI is InChI=1S/C21H26N2O2S/c24-21(10-15-26-20-8-2-1-3-9-20)22-16-18-6-4-5-7-19(18)17-23-11-13-25-14-12-23/h1-9H,10-17H2,(H,22,24). The number of hydrogen-bond donors (Lipinski definition) is 1. The zero-order valence-corrected chi connectivity index (χ0v) is 15.8. The van der Waals surface area contributed by atoms with Gasteiger partial charge in [-0.15, -0.1) is 11.8 Å². The maximum atomic E-state index is 12.2. The highest BCUT2D eigenvalue weighted by molar-refractivity contribution is 7.99. The smallest absolute Gasteiger partial charge is 0.221 e. The van der Waals surface area contributed by atoms with E-state index in [1.807, 2.05) is 24.3 Å². The topological polar surface area (TPSA) is 41.6 Å². The van der Waals surface area contributed by atoms with Gasteiger partial charge in [0.05, 0.1) is 13.2 Å². The van der Waals surface area contributed by atoms with Crippen LogP contribution in [0.2, 0.25) is 0 Å². The van der Waals surface area contributed by atoms with Crippen LogP contribution in [-0.2, 0) is 22.6 Å². The van der Waals surface area contributed by atoms with Crippen LogP contribution >= 0.6 is 11.8 Å². The van der Waals surface area contributed by atoms with Gasteiger partial charge in [-0.05, 0) is 23.3 Å². The van der Waals surface area contributed by atoms with E-state index in [1.54, 1.807) is 11.8 Å².